The Balaban J connectivity index is 1.23. The third kappa shape index (κ3) is 4.20. The molecule has 1 atom stereocenters. The first kappa shape index (κ1) is 20.1. The number of ketones is 1. The van der Waals surface area contributed by atoms with Crippen molar-refractivity contribution in [3.63, 3.8) is 0 Å². The minimum atomic E-state index is -0.00314. The highest BCUT2D eigenvalue weighted by Crippen LogP contribution is 2.29. The lowest BCUT2D eigenvalue weighted by Gasteiger charge is -2.43. The second kappa shape index (κ2) is 8.76. The van der Waals surface area contributed by atoms with Gasteiger partial charge in [0.1, 0.15) is 0 Å². The molecule has 0 radical (unpaired) electrons. The highest BCUT2D eigenvalue weighted by Gasteiger charge is 2.29. The van der Waals surface area contributed by atoms with Crippen molar-refractivity contribution >= 4 is 11.7 Å². The maximum absolute atomic E-state index is 13.0. The molecule has 160 valence electrons. The van der Waals surface area contributed by atoms with Crippen LogP contribution >= 0.6 is 0 Å². The number of aryl methyl sites for hydroxylation is 2. The topological polar surface area (TPSA) is 73.1 Å². The number of Topliss-reactive ketones (excluding diaryl/α,β-unsaturated/α-hetero) is 1. The minimum absolute atomic E-state index is 0.00314. The number of aromatic nitrogens is 2. The molecule has 1 aliphatic heterocycles. The van der Waals surface area contributed by atoms with Gasteiger partial charge in [0.25, 0.3) is 0 Å². The monoisotopic (exact) mass is 415 g/mol. The van der Waals surface area contributed by atoms with Gasteiger partial charge in [-0.2, -0.15) is 5.26 Å². The predicted octanol–water partition coefficient (Wildman–Crippen LogP) is 3.40. The van der Waals surface area contributed by atoms with Crippen molar-refractivity contribution in [3.05, 3.63) is 52.8 Å². The Labute approximate surface area is 183 Å². The zero-order chi connectivity index (χ0) is 21.2. The van der Waals surface area contributed by atoms with Gasteiger partial charge < -0.3 is 4.90 Å². The Hall–Kier alpha value is -2.78. The molecule has 1 saturated carbocycles. The van der Waals surface area contributed by atoms with E-state index in [9.17, 15) is 4.79 Å². The molecule has 6 heteroatoms. The van der Waals surface area contributed by atoms with Crippen LogP contribution in [0, 0.1) is 17.2 Å². The van der Waals surface area contributed by atoms with Crippen LogP contribution < -0.4 is 4.90 Å². The molecular formula is C25H29N5O. The lowest BCUT2D eigenvalue weighted by Crippen LogP contribution is -2.52. The first-order valence-corrected chi connectivity index (χ1v) is 11.6. The Morgan fingerprint density at radius 1 is 1.00 bits per heavy atom. The van der Waals surface area contributed by atoms with Crippen LogP contribution in [0.1, 0.15) is 59.3 Å². The average molecular weight is 416 g/mol. The van der Waals surface area contributed by atoms with Gasteiger partial charge in [-0.15, -0.1) is 0 Å². The van der Waals surface area contributed by atoms with Crippen LogP contribution in [0.5, 0.6) is 0 Å². The highest BCUT2D eigenvalue weighted by atomic mass is 16.1. The third-order valence-electron chi connectivity index (χ3n) is 7.29. The van der Waals surface area contributed by atoms with E-state index in [0.717, 1.165) is 69.5 Å². The van der Waals surface area contributed by atoms with Crippen molar-refractivity contribution in [1.29, 1.82) is 5.26 Å². The number of piperazine rings is 1. The molecular weight excluding hydrogens is 386 g/mol. The van der Waals surface area contributed by atoms with Gasteiger partial charge in [-0.3, -0.25) is 9.69 Å². The van der Waals surface area contributed by atoms with E-state index in [1.807, 2.05) is 6.20 Å². The molecule has 1 saturated heterocycles. The molecule has 0 bridgehead atoms. The Morgan fingerprint density at radius 3 is 2.42 bits per heavy atom. The fraction of sp³-hybridized carbons (Fsp3) is 0.520. The van der Waals surface area contributed by atoms with Gasteiger partial charge >= 0.3 is 0 Å². The summed E-state index contributed by atoms with van der Waals surface area (Å²) in [6.45, 7) is 4.20. The second-order valence-corrected chi connectivity index (χ2v) is 9.08. The van der Waals surface area contributed by atoms with Crippen LogP contribution in [-0.4, -0.2) is 52.9 Å². The van der Waals surface area contributed by atoms with Gasteiger partial charge in [0.2, 0.25) is 5.95 Å². The maximum atomic E-state index is 13.0. The molecule has 0 spiro atoms. The normalized spacial score (nSPS) is 22.2. The molecule has 2 aliphatic carbocycles. The number of hydrogen-bond acceptors (Lipinski definition) is 6. The molecule has 31 heavy (non-hydrogen) atoms. The number of nitriles is 1. The predicted molar refractivity (Wildman–Crippen MR) is 119 cm³/mol. The molecule has 0 N–H and O–H groups in total. The highest BCUT2D eigenvalue weighted by molar-refractivity contribution is 5.98. The van der Waals surface area contributed by atoms with Gasteiger partial charge in [-0.1, -0.05) is 18.6 Å². The van der Waals surface area contributed by atoms with Crippen molar-refractivity contribution in [2.45, 2.75) is 51.0 Å². The zero-order valence-electron chi connectivity index (χ0n) is 18.0. The molecule has 2 heterocycles. The lowest BCUT2D eigenvalue weighted by atomic mass is 9.90. The van der Waals surface area contributed by atoms with E-state index < -0.39 is 0 Å². The molecule has 2 fully saturated rings. The lowest BCUT2D eigenvalue weighted by molar-refractivity contribution is 0.0908. The van der Waals surface area contributed by atoms with E-state index in [1.165, 1.54) is 24.8 Å². The molecule has 1 unspecified atom stereocenters. The number of nitrogens with zero attached hydrogens (tertiary/aromatic N) is 5. The van der Waals surface area contributed by atoms with Crippen LogP contribution in [0.25, 0.3) is 0 Å². The van der Waals surface area contributed by atoms with Gasteiger partial charge in [0.15, 0.2) is 5.78 Å². The average Bonchev–Trinajstić information content (AvgIpc) is 3.00. The first-order valence-electron chi connectivity index (χ1n) is 11.6. The Bertz CT molecular complexity index is 984. The standard InChI is InChI=1S/C25H29N5O/c26-16-18-4-6-19(7-5-18)24(31)20-8-9-21-17-27-25(28-23(21)11-10-20)30-14-12-29(13-15-30)22-2-1-3-22/h4-7,17,20,22H,1-3,8-15H2. The fourth-order valence-electron chi connectivity index (χ4n) is 5.04. The summed E-state index contributed by atoms with van der Waals surface area (Å²) in [7, 11) is 0. The van der Waals surface area contributed by atoms with Crippen molar-refractivity contribution in [1.82, 2.24) is 14.9 Å². The van der Waals surface area contributed by atoms with E-state index in [4.69, 9.17) is 10.2 Å². The number of benzene rings is 1. The summed E-state index contributed by atoms with van der Waals surface area (Å²) in [5.74, 6) is 1.03. The number of fused-ring (bicyclic) bond motifs is 1. The largest absolute Gasteiger partial charge is 0.338 e. The van der Waals surface area contributed by atoms with E-state index in [-0.39, 0.29) is 11.7 Å². The van der Waals surface area contributed by atoms with Crippen LogP contribution in [0.4, 0.5) is 5.95 Å². The summed E-state index contributed by atoms with van der Waals surface area (Å²) in [5, 5.41) is 8.97. The molecule has 1 aromatic carbocycles. The fourth-order valence-corrected chi connectivity index (χ4v) is 5.04. The molecule has 2 aromatic rings. The number of rotatable bonds is 4. The summed E-state index contributed by atoms with van der Waals surface area (Å²) < 4.78 is 0. The number of carbonyl (C=O) groups is 1. The van der Waals surface area contributed by atoms with Crippen LogP contribution in [0.2, 0.25) is 0 Å². The van der Waals surface area contributed by atoms with Crippen LogP contribution in [0.3, 0.4) is 0 Å². The summed E-state index contributed by atoms with van der Waals surface area (Å²) in [5.41, 5.74) is 3.58. The van der Waals surface area contributed by atoms with Gasteiger partial charge in [0.05, 0.1) is 11.6 Å². The van der Waals surface area contributed by atoms with Crippen molar-refractivity contribution in [2.24, 2.45) is 5.92 Å². The molecule has 6 nitrogen and oxygen atoms in total. The Morgan fingerprint density at radius 2 is 1.74 bits per heavy atom. The van der Waals surface area contributed by atoms with E-state index in [2.05, 4.69) is 20.9 Å². The van der Waals surface area contributed by atoms with E-state index in [1.54, 1.807) is 24.3 Å². The third-order valence-corrected chi connectivity index (χ3v) is 7.29. The van der Waals surface area contributed by atoms with Gasteiger partial charge in [0, 0.05) is 55.6 Å². The molecule has 3 aliphatic rings. The second-order valence-electron chi connectivity index (χ2n) is 9.08. The minimum Gasteiger partial charge on any atom is -0.338 e. The van der Waals surface area contributed by atoms with E-state index >= 15 is 0 Å². The molecule has 0 amide bonds. The van der Waals surface area contributed by atoms with Crippen molar-refractivity contribution in [2.75, 3.05) is 31.1 Å². The summed E-state index contributed by atoms with van der Waals surface area (Å²) in [6.07, 6.45) is 9.40. The summed E-state index contributed by atoms with van der Waals surface area (Å²) >= 11 is 0. The SMILES string of the molecule is N#Cc1ccc(C(=O)C2CCc3cnc(N4CCN(C5CCC5)CC4)nc3CC2)cc1. The summed E-state index contributed by atoms with van der Waals surface area (Å²) in [4.78, 5) is 27.6. The van der Waals surface area contributed by atoms with Gasteiger partial charge in [-0.25, -0.2) is 9.97 Å². The quantitative estimate of drug-likeness (QED) is 0.563. The molecule has 1 aromatic heterocycles. The van der Waals surface area contributed by atoms with Crippen molar-refractivity contribution in [3.8, 4) is 6.07 Å². The van der Waals surface area contributed by atoms with Crippen LogP contribution in [-0.2, 0) is 12.8 Å². The number of anilines is 1. The molecule has 5 rings (SSSR count). The number of carbonyl (C=O) groups excluding carboxylic acids is 1. The first-order chi connectivity index (χ1) is 15.2. The van der Waals surface area contributed by atoms with Gasteiger partial charge in [-0.05, 0) is 56.2 Å². The number of hydrogen-bond donors (Lipinski definition) is 0. The van der Waals surface area contributed by atoms with Crippen LogP contribution in [0.15, 0.2) is 30.5 Å². The van der Waals surface area contributed by atoms with E-state index in [0.29, 0.717) is 11.1 Å². The van der Waals surface area contributed by atoms with Crippen molar-refractivity contribution < 1.29 is 4.79 Å². The maximum Gasteiger partial charge on any atom is 0.225 e. The zero-order valence-corrected chi connectivity index (χ0v) is 18.0. The summed E-state index contributed by atoms with van der Waals surface area (Å²) in [6, 6.07) is 9.92. The Kier molecular flexibility index (Phi) is 5.69. The smallest absolute Gasteiger partial charge is 0.225 e.